The molecule has 0 aliphatic carbocycles. The first-order valence-corrected chi connectivity index (χ1v) is 6.54. The number of halogens is 1. The first kappa shape index (κ1) is 11.7. The molecule has 0 saturated carbocycles. The van der Waals surface area contributed by atoms with E-state index in [-0.39, 0.29) is 0 Å². The Morgan fingerprint density at radius 2 is 2.22 bits per heavy atom. The van der Waals surface area contributed by atoms with Crippen LogP contribution in [0.5, 0.6) is 5.75 Å². The second-order valence-corrected chi connectivity index (χ2v) is 4.97. The monoisotopic (exact) mass is 278 g/mol. The van der Waals surface area contributed by atoms with Crippen molar-refractivity contribution in [2.75, 3.05) is 6.61 Å². The van der Waals surface area contributed by atoms with Gasteiger partial charge in [0.25, 0.3) is 0 Å². The summed E-state index contributed by atoms with van der Waals surface area (Å²) in [4.78, 5) is 0. The molecule has 1 aromatic carbocycles. The number of H-pyrrole nitrogens is 1. The van der Waals surface area contributed by atoms with Gasteiger partial charge in [0.1, 0.15) is 15.5 Å². The van der Waals surface area contributed by atoms with E-state index < -0.39 is 0 Å². The number of nitrogens with one attached hydrogen (secondary N) is 1. The number of nitrogens with zero attached hydrogens (tertiary/aromatic N) is 1. The lowest BCUT2D eigenvalue weighted by Crippen LogP contribution is -2.09. The summed E-state index contributed by atoms with van der Waals surface area (Å²) in [6.07, 6.45) is 2.10. The van der Waals surface area contributed by atoms with Gasteiger partial charge in [-0.2, -0.15) is 5.10 Å². The van der Waals surface area contributed by atoms with Crippen LogP contribution in [0.4, 0.5) is 0 Å². The highest BCUT2D eigenvalue weighted by Gasteiger charge is 2.16. The van der Waals surface area contributed by atoms with Crippen LogP contribution in [-0.4, -0.2) is 16.8 Å². The molecule has 1 N–H and O–H groups in total. The summed E-state index contributed by atoms with van der Waals surface area (Å²) in [6.45, 7) is 0.749. The van der Waals surface area contributed by atoms with Crippen molar-refractivity contribution in [3.63, 3.8) is 0 Å². The van der Waals surface area contributed by atoms with Crippen molar-refractivity contribution in [3.05, 3.63) is 39.6 Å². The molecule has 0 amide bonds. The van der Waals surface area contributed by atoms with E-state index in [0.29, 0.717) is 9.79 Å². The highest BCUT2D eigenvalue weighted by atomic mass is 35.5. The molecule has 2 aromatic rings. The molecule has 1 aliphatic rings. The van der Waals surface area contributed by atoms with Gasteiger partial charge >= 0.3 is 0 Å². The number of benzene rings is 1. The van der Waals surface area contributed by atoms with Gasteiger partial charge in [-0.1, -0.05) is 42.0 Å². The minimum absolute atomic E-state index is 0.395. The third kappa shape index (κ3) is 2.02. The van der Waals surface area contributed by atoms with Gasteiger partial charge in [-0.25, -0.2) is 0 Å². The minimum atomic E-state index is 0.395. The molecule has 0 fully saturated rings. The molecule has 0 atom stereocenters. The van der Waals surface area contributed by atoms with Crippen LogP contribution in [0.15, 0.2) is 24.3 Å². The lowest BCUT2D eigenvalue weighted by molar-refractivity contribution is 0.289. The van der Waals surface area contributed by atoms with E-state index in [1.807, 2.05) is 12.1 Å². The van der Waals surface area contributed by atoms with E-state index in [2.05, 4.69) is 16.3 Å². The minimum Gasteiger partial charge on any atom is -0.493 e. The average Bonchev–Trinajstić information content (AvgIpc) is 2.41. The maximum atomic E-state index is 5.92. The zero-order valence-electron chi connectivity index (χ0n) is 9.57. The van der Waals surface area contributed by atoms with Crippen molar-refractivity contribution in [1.82, 2.24) is 10.2 Å². The molecule has 0 radical (unpaired) electrons. The van der Waals surface area contributed by atoms with Crippen molar-refractivity contribution in [2.45, 2.75) is 12.8 Å². The molecule has 5 heteroatoms. The molecular weight excluding hydrogens is 268 g/mol. The van der Waals surface area contributed by atoms with Gasteiger partial charge in [0.2, 0.25) is 0 Å². The third-order valence-electron chi connectivity index (χ3n) is 3.00. The molecular formula is C13H11ClN2OS. The molecule has 0 unspecified atom stereocenters. The Hall–Kier alpha value is -1.39. The van der Waals surface area contributed by atoms with Crippen LogP contribution in [0.2, 0.25) is 5.15 Å². The predicted octanol–water partition coefficient (Wildman–Crippen LogP) is 3.78. The van der Waals surface area contributed by atoms with Crippen molar-refractivity contribution < 1.29 is 4.74 Å². The quantitative estimate of drug-likeness (QED) is 0.807. The Bertz CT molecular complexity index is 654. The predicted molar refractivity (Wildman–Crippen MR) is 73.7 cm³/mol. The SMILES string of the molecule is S=c1[nH]nc(Cl)cc1-c1cccc2c1OCCC2. The van der Waals surface area contributed by atoms with E-state index in [0.717, 1.165) is 36.3 Å². The second-order valence-electron chi connectivity index (χ2n) is 4.18. The highest BCUT2D eigenvalue weighted by Crippen LogP contribution is 2.36. The zero-order chi connectivity index (χ0) is 12.5. The zero-order valence-corrected chi connectivity index (χ0v) is 11.1. The highest BCUT2D eigenvalue weighted by molar-refractivity contribution is 7.71. The van der Waals surface area contributed by atoms with Crippen LogP contribution >= 0.6 is 23.8 Å². The molecule has 92 valence electrons. The lowest BCUT2D eigenvalue weighted by Gasteiger charge is -2.20. The maximum Gasteiger partial charge on any atom is 0.150 e. The summed E-state index contributed by atoms with van der Waals surface area (Å²) in [6, 6.07) is 7.88. The fraction of sp³-hybridized carbons (Fsp3) is 0.231. The number of fused-ring (bicyclic) bond motifs is 1. The number of aromatic nitrogens is 2. The standard InChI is InChI=1S/C13H11ClN2OS/c14-11-7-10(13(18)16-15-11)9-5-1-3-8-4-2-6-17-12(8)9/h1,3,5,7H,2,4,6H2,(H,16,18). The van der Waals surface area contributed by atoms with Gasteiger partial charge in [-0.15, -0.1) is 0 Å². The van der Waals surface area contributed by atoms with E-state index in [1.54, 1.807) is 6.07 Å². The Kier molecular flexibility index (Phi) is 3.06. The van der Waals surface area contributed by atoms with Crippen LogP contribution in [0, 0.1) is 4.64 Å². The summed E-state index contributed by atoms with van der Waals surface area (Å²) in [5.74, 6) is 0.922. The lowest BCUT2D eigenvalue weighted by atomic mass is 9.99. The summed E-state index contributed by atoms with van der Waals surface area (Å²) in [5.41, 5.74) is 3.07. The van der Waals surface area contributed by atoms with Crippen LogP contribution in [0.1, 0.15) is 12.0 Å². The number of aryl methyl sites for hydroxylation is 1. The number of aromatic amines is 1. The summed E-state index contributed by atoms with van der Waals surface area (Å²) in [7, 11) is 0. The molecule has 18 heavy (non-hydrogen) atoms. The first-order valence-electron chi connectivity index (χ1n) is 5.76. The Morgan fingerprint density at radius 3 is 3.11 bits per heavy atom. The summed E-state index contributed by atoms with van der Waals surface area (Å²) < 4.78 is 6.35. The van der Waals surface area contributed by atoms with Crippen LogP contribution in [0.3, 0.4) is 0 Å². The maximum absolute atomic E-state index is 5.92. The number of hydrogen-bond donors (Lipinski definition) is 1. The van der Waals surface area contributed by atoms with Crippen LogP contribution < -0.4 is 4.74 Å². The van der Waals surface area contributed by atoms with Crippen molar-refractivity contribution in [2.24, 2.45) is 0 Å². The Morgan fingerprint density at radius 1 is 1.33 bits per heavy atom. The van der Waals surface area contributed by atoms with Gasteiger partial charge in [-0.05, 0) is 24.5 Å². The topological polar surface area (TPSA) is 37.9 Å². The smallest absolute Gasteiger partial charge is 0.150 e. The average molecular weight is 279 g/mol. The van der Waals surface area contributed by atoms with Crippen molar-refractivity contribution >= 4 is 23.8 Å². The molecule has 2 heterocycles. The number of para-hydroxylation sites is 1. The number of ether oxygens (including phenoxy) is 1. The Balaban J connectivity index is 2.23. The largest absolute Gasteiger partial charge is 0.493 e. The van der Waals surface area contributed by atoms with E-state index in [1.165, 1.54) is 5.56 Å². The van der Waals surface area contributed by atoms with Gasteiger partial charge in [-0.3, -0.25) is 5.10 Å². The van der Waals surface area contributed by atoms with E-state index >= 15 is 0 Å². The Labute approximate surface area is 115 Å². The van der Waals surface area contributed by atoms with Crippen molar-refractivity contribution in [3.8, 4) is 16.9 Å². The molecule has 3 nitrogen and oxygen atoms in total. The fourth-order valence-corrected chi connectivity index (χ4v) is 2.55. The van der Waals surface area contributed by atoms with Gasteiger partial charge in [0, 0.05) is 11.1 Å². The fourth-order valence-electron chi connectivity index (χ4n) is 2.18. The first-order chi connectivity index (χ1) is 8.75. The molecule has 0 saturated heterocycles. The van der Waals surface area contributed by atoms with Gasteiger partial charge < -0.3 is 4.74 Å². The molecule has 1 aliphatic heterocycles. The van der Waals surface area contributed by atoms with Gasteiger partial charge in [0.15, 0.2) is 0 Å². The van der Waals surface area contributed by atoms with E-state index in [9.17, 15) is 0 Å². The number of rotatable bonds is 1. The second kappa shape index (κ2) is 4.71. The van der Waals surface area contributed by atoms with Crippen molar-refractivity contribution in [1.29, 1.82) is 0 Å². The molecule has 0 spiro atoms. The van der Waals surface area contributed by atoms with Crippen LogP contribution in [0.25, 0.3) is 11.1 Å². The van der Waals surface area contributed by atoms with Crippen LogP contribution in [-0.2, 0) is 6.42 Å². The number of hydrogen-bond acceptors (Lipinski definition) is 3. The molecule has 1 aromatic heterocycles. The van der Waals surface area contributed by atoms with Gasteiger partial charge in [0.05, 0.1) is 6.61 Å². The normalized spacial score (nSPS) is 13.8. The molecule has 3 rings (SSSR count). The third-order valence-corrected chi connectivity index (χ3v) is 3.50. The van der Waals surface area contributed by atoms with E-state index in [4.69, 9.17) is 28.6 Å². The summed E-state index contributed by atoms with van der Waals surface area (Å²) >= 11 is 11.2. The molecule has 0 bridgehead atoms. The summed E-state index contributed by atoms with van der Waals surface area (Å²) in [5, 5.41) is 7.02.